The summed E-state index contributed by atoms with van der Waals surface area (Å²) in [6, 6.07) is 3.42. The van der Waals surface area contributed by atoms with Crippen molar-refractivity contribution < 1.29 is 38.6 Å². The summed E-state index contributed by atoms with van der Waals surface area (Å²) in [5, 5.41) is 14.1. The van der Waals surface area contributed by atoms with Gasteiger partial charge in [-0.05, 0) is 24.1 Å². The number of unbranched alkanes of at least 4 members (excludes halogenated alkanes) is 2. The lowest BCUT2D eigenvalue weighted by molar-refractivity contribution is -0.143. The van der Waals surface area contributed by atoms with E-state index in [-0.39, 0.29) is 30.6 Å². The van der Waals surface area contributed by atoms with Gasteiger partial charge in [0.15, 0.2) is 6.61 Å². The maximum atomic E-state index is 12.7. The Hall–Kier alpha value is -3.63. The van der Waals surface area contributed by atoms with Crippen molar-refractivity contribution in [2.24, 2.45) is 5.73 Å². The molecule has 0 aliphatic rings. The first-order valence-corrected chi connectivity index (χ1v) is 10.6. The van der Waals surface area contributed by atoms with Crippen molar-refractivity contribution in [3.63, 3.8) is 0 Å². The highest BCUT2D eigenvalue weighted by Gasteiger charge is 2.22. The van der Waals surface area contributed by atoms with Crippen LogP contribution in [0.1, 0.15) is 54.9 Å². The Morgan fingerprint density at radius 3 is 2.45 bits per heavy atom. The van der Waals surface area contributed by atoms with Gasteiger partial charge in [-0.3, -0.25) is 19.2 Å². The number of nitrogens with two attached hydrogens (primary N) is 1. The molecule has 182 valence electrons. The van der Waals surface area contributed by atoms with E-state index in [9.17, 15) is 24.0 Å². The summed E-state index contributed by atoms with van der Waals surface area (Å²) in [7, 11) is 1.20. The van der Waals surface area contributed by atoms with Gasteiger partial charge < -0.3 is 30.9 Å². The minimum atomic E-state index is -1.13. The molecule has 0 aliphatic carbocycles. The number of esters is 1. The fourth-order valence-electron chi connectivity index (χ4n) is 2.86. The van der Waals surface area contributed by atoms with Crippen LogP contribution in [0.2, 0.25) is 0 Å². The normalized spacial score (nSPS) is 11.2. The molecule has 0 aliphatic heterocycles. The predicted octanol–water partition coefficient (Wildman–Crippen LogP) is 0.536. The zero-order valence-corrected chi connectivity index (χ0v) is 18.8. The molecule has 0 aromatic heterocycles. The van der Waals surface area contributed by atoms with Crippen LogP contribution in [0.25, 0.3) is 0 Å². The molecule has 3 amide bonds. The van der Waals surface area contributed by atoms with Gasteiger partial charge in [-0.1, -0.05) is 25.8 Å². The number of ether oxygens (including phenoxy) is 2. The molecule has 0 spiro atoms. The zero-order chi connectivity index (χ0) is 24.8. The van der Waals surface area contributed by atoms with Crippen LogP contribution < -0.4 is 21.1 Å². The molecule has 0 heterocycles. The Morgan fingerprint density at radius 1 is 1.12 bits per heavy atom. The van der Waals surface area contributed by atoms with Crippen LogP contribution in [0.5, 0.6) is 5.75 Å². The molecule has 0 saturated carbocycles. The van der Waals surface area contributed by atoms with Crippen LogP contribution in [0.3, 0.4) is 0 Å². The lowest BCUT2D eigenvalue weighted by Gasteiger charge is -2.19. The number of aliphatic carboxylic acids is 1. The molecule has 1 aromatic carbocycles. The summed E-state index contributed by atoms with van der Waals surface area (Å²) in [6.07, 6.45) is 2.07. The van der Waals surface area contributed by atoms with Gasteiger partial charge in [0.25, 0.3) is 5.91 Å². The van der Waals surface area contributed by atoms with Crippen LogP contribution in [-0.4, -0.2) is 61.1 Å². The maximum absolute atomic E-state index is 12.7. The number of methoxy groups -OCH3 is 1. The van der Waals surface area contributed by atoms with Crippen LogP contribution in [-0.2, 0) is 30.3 Å². The number of primary amides is 1. The Morgan fingerprint density at radius 2 is 1.85 bits per heavy atom. The molecule has 0 fully saturated rings. The molecule has 0 saturated heterocycles. The van der Waals surface area contributed by atoms with Crippen molar-refractivity contribution in [2.45, 2.75) is 51.5 Å². The lowest BCUT2D eigenvalue weighted by atomic mass is 10.0. The average Bonchev–Trinajstić information content (AvgIpc) is 2.78. The molecule has 0 unspecified atom stereocenters. The molecule has 5 N–H and O–H groups in total. The first kappa shape index (κ1) is 27.4. The van der Waals surface area contributed by atoms with Crippen molar-refractivity contribution in [1.29, 1.82) is 0 Å². The monoisotopic (exact) mass is 465 g/mol. The summed E-state index contributed by atoms with van der Waals surface area (Å²) >= 11 is 0. The second-order valence-corrected chi connectivity index (χ2v) is 7.28. The van der Waals surface area contributed by atoms with Gasteiger partial charge >= 0.3 is 11.9 Å². The second-order valence-electron chi connectivity index (χ2n) is 7.28. The third-order valence-electron chi connectivity index (χ3n) is 4.62. The van der Waals surface area contributed by atoms with E-state index in [1.807, 2.05) is 6.92 Å². The van der Waals surface area contributed by atoms with Crippen molar-refractivity contribution in [1.82, 2.24) is 10.6 Å². The van der Waals surface area contributed by atoms with Gasteiger partial charge in [0.2, 0.25) is 11.8 Å². The number of amides is 3. The smallest absolute Gasteiger partial charge is 0.343 e. The maximum Gasteiger partial charge on any atom is 0.343 e. The number of hydrogen-bond acceptors (Lipinski definition) is 7. The van der Waals surface area contributed by atoms with Crippen molar-refractivity contribution in [2.75, 3.05) is 20.3 Å². The van der Waals surface area contributed by atoms with Crippen molar-refractivity contribution in [3.05, 3.63) is 29.3 Å². The minimum Gasteiger partial charge on any atom is -0.481 e. The van der Waals surface area contributed by atoms with E-state index >= 15 is 0 Å². The van der Waals surface area contributed by atoms with E-state index in [2.05, 4.69) is 15.4 Å². The molecule has 11 nitrogen and oxygen atoms in total. The summed E-state index contributed by atoms with van der Waals surface area (Å²) in [4.78, 5) is 58.7. The minimum absolute atomic E-state index is 0.00397. The summed E-state index contributed by atoms with van der Waals surface area (Å²) in [5.41, 5.74) is 5.91. The second kappa shape index (κ2) is 14.4. The summed E-state index contributed by atoms with van der Waals surface area (Å²) < 4.78 is 9.77. The Bertz CT molecular complexity index is 856. The largest absolute Gasteiger partial charge is 0.481 e. The molecule has 33 heavy (non-hydrogen) atoms. The third kappa shape index (κ3) is 10.5. The highest BCUT2D eigenvalue weighted by molar-refractivity contribution is 5.96. The van der Waals surface area contributed by atoms with E-state index in [0.717, 1.165) is 19.3 Å². The molecular weight excluding hydrogens is 434 g/mol. The van der Waals surface area contributed by atoms with Crippen LogP contribution in [0.15, 0.2) is 18.2 Å². The predicted molar refractivity (Wildman–Crippen MR) is 118 cm³/mol. The fraction of sp³-hybridized carbons (Fsp3) is 0.500. The van der Waals surface area contributed by atoms with E-state index in [0.29, 0.717) is 12.1 Å². The number of carbonyl (C=O) groups is 5. The van der Waals surface area contributed by atoms with Crippen LogP contribution in [0.4, 0.5) is 0 Å². The van der Waals surface area contributed by atoms with Gasteiger partial charge in [-0.2, -0.15) is 0 Å². The number of nitrogens with one attached hydrogen (secondary N) is 2. The highest BCUT2D eigenvalue weighted by atomic mass is 16.6. The molecular formula is C22H31N3O8. The molecule has 1 atom stereocenters. The molecule has 0 bridgehead atoms. The van der Waals surface area contributed by atoms with Gasteiger partial charge in [0, 0.05) is 19.4 Å². The first-order chi connectivity index (χ1) is 15.7. The van der Waals surface area contributed by atoms with E-state index in [1.54, 1.807) is 6.07 Å². The van der Waals surface area contributed by atoms with Gasteiger partial charge in [0.1, 0.15) is 11.8 Å². The number of rotatable bonds is 15. The number of carboxylic acid groups (broad SMARTS) is 1. The molecule has 1 aromatic rings. The standard InChI is InChI=1S/C22H31N3O8/c1-3-4-5-10-24-22(31)16(25-18(26)8-9-19(27)28)12-14-6-7-17(15(11-14)21(23)30)33-13-20(29)32-2/h6-7,11,16H,3-5,8-10,12-13H2,1-2H3,(H2,23,30)(H,24,31)(H,25,26)(H,27,28)/t16-/m0/s1. The quantitative estimate of drug-likeness (QED) is 0.214. The zero-order valence-electron chi connectivity index (χ0n) is 18.8. The topological polar surface area (TPSA) is 174 Å². The fourth-order valence-corrected chi connectivity index (χ4v) is 2.86. The number of benzene rings is 1. The van der Waals surface area contributed by atoms with E-state index < -0.39 is 42.3 Å². The van der Waals surface area contributed by atoms with Crippen LogP contribution >= 0.6 is 0 Å². The van der Waals surface area contributed by atoms with Gasteiger partial charge in [-0.25, -0.2) is 4.79 Å². The Kier molecular flexibility index (Phi) is 12.0. The molecule has 0 radical (unpaired) electrons. The SMILES string of the molecule is CCCCCNC(=O)[C@H](Cc1ccc(OCC(=O)OC)c(C(N)=O)c1)NC(=O)CCC(=O)O. The average molecular weight is 466 g/mol. The van der Waals surface area contributed by atoms with Crippen molar-refractivity contribution >= 4 is 29.7 Å². The first-order valence-electron chi connectivity index (χ1n) is 10.6. The van der Waals surface area contributed by atoms with Gasteiger partial charge in [0.05, 0.1) is 19.1 Å². The highest BCUT2D eigenvalue weighted by Crippen LogP contribution is 2.21. The van der Waals surface area contributed by atoms with Crippen molar-refractivity contribution in [3.8, 4) is 5.75 Å². The molecule has 11 heteroatoms. The summed E-state index contributed by atoms with van der Waals surface area (Å²) in [6.45, 7) is 2.04. The molecule has 1 rings (SSSR count). The van der Waals surface area contributed by atoms with E-state index in [1.165, 1.54) is 19.2 Å². The van der Waals surface area contributed by atoms with Gasteiger partial charge in [-0.15, -0.1) is 0 Å². The van der Waals surface area contributed by atoms with E-state index in [4.69, 9.17) is 15.6 Å². The number of hydrogen-bond donors (Lipinski definition) is 4. The summed E-state index contributed by atoms with van der Waals surface area (Å²) in [5.74, 6) is -3.51. The lowest BCUT2D eigenvalue weighted by Crippen LogP contribution is -2.48. The Balaban J connectivity index is 3.00. The third-order valence-corrected chi connectivity index (χ3v) is 4.62. The Labute approximate surface area is 192 Å². The van der Waals surface area contributed by atoms with Crippen LogP contribution in [0, 0.1) is 0 Å². The number of carboxylic acids is 1. The number of carbonyl (C=O) groups excluding carboxylic acids is 4.